The van der Waals surface area contributed by atoms with Crippen molar-refractivity contribution >= 4 is 34.0 Å². The van der Waals surface area contributed by atoms with E-state index in [1.54, 1.807) is 0 Å². The molecule has 0 spiro atoms. The predicted octanol–water partition coefficient (Wildman–Crippen LogP) is 1.88. The van der Waals surface area contributed by atoms with Crippen LogP contribution in [0.25, 0.3) is 0 Å². The molecule has 1 aromatic rings. The van der Waals surface area contributed by atoms with E-state index in [0.717, 1.165) is 25.1 Å². The minimum Gasteiger partial charge on any atom is -0.315 e. The summed E-state index contributed by atoms with van der Waals surface area (Å²) in [6, 6.07) is 3.39. The van der Waals surface area contributed by atoms with E-state index < -0.39 is 15.8 Å². The van der Waals surface area contributed by atoms with Gasteiger partial charge in [-0.15, -0.1) is 12.4 Å². The van der Waals surface area contributed by atoms with E-state index in [4.69, 9.17) is 11.6 Å². The molecule has 1 heterocycles. The summed E-state index contributed by atoms with van der Waals surface area (Å²) in [7, 11) is -2.38. The van der Waals surface area contributed by atoms with Crippen LogP contribution in [0.4, 0.5) is 4.39 Å². The van der Waals surface area contributed by atoms with E-state index in [0.29, 0.717) is 6.54 Å². The van der Waals surface area contributed by atoms with Gasteiger partial charge in [-0.05, 0) is 31.2 Å². The summed E-state index contributed by atoms with van der Waals surface area (Å²) in [5.41, 5.74) is 0. The highest BCUT2D eigenvalue weighted by atomic mass is 35.5. The lowest BCUT2D eigenvalue weighted by atomic mass is 10.3. The van der Waals surface area contributed by atoms with Gasteiger partial charge < -0.3 is 5.32 Å². The minimum atomic E-state index is -3.84. The first-order chi connectivity index (χ1) is 8.43. The molecule has 19 heavy (non-hydrogen) atoms. The molecule has 1 fully saturated rings. The molecule has 0 bridgehead atoms. The van der Waals surface area contributed by atoms with Gasteiger partial charge in [-0.25, -0.2) is 12.8 Å². The SMILES string of the molecule is CN(C1CCNC1)S(=O)(=O)c1cc(Cl)ccc1F.Cl. The Labute approximate surface area is 123 Å². The second-order valence-corrected chi connectivity index (χ2v) is 6.64. The van der Waals surface area contributed by atoms with E-state index in [-0.39, 0.29) is 28.4 Å². The van der Waals surface area contributed by atoms with E-state index >= 15 is 0 Å². The Morgan fingerprint density at radius 1 is 1.47 bits per heavy atom. The highest BCUT2D eigenvalue weighted by molar-refractivity contribution is 7.89. The third-order valence-electron chi connectivity index (χ3n) is 3.10. The molecule has 1 N–H and O–H groups in total. The van der Waals surface area contributed by atoms with Gasteiger partial charge in [-0.2, -0.15) is 4.31 Å². The molecule has 1 aliphatic heterocycles. The van der Waals surface area contributed by atoms with Crippen LogP contribution in [-0.2, 0) is 10.0 Å². The lowest BCUT2D eigenvalue weighted by Crippen LogP contribution is -2.38. The van der Waals surface area contributed by atoms with Crippen LogP contribution in [0.15, 0.2) is 23.1 Å². The maximum Gasteiger partial charge on any atom is 0.246 e. The van der Waals surface area contributed by atoms with Crippen LogP contribution >= 0.6 is 24.0 Å². The van der Waals surface area contributed by atoms with E-state index in [2.05, 4.69) is 5.32 Å². The molecule has 1 unspecified atom stereocenters. The fourth-order valence-electron chi connectivity index (χ4n) is 1.98. The smallest absolute Gasteiger partial charge is 0.246 e. The summed E-state index contributed by atoms with van der Waals surface area (Å²) < 4.78 is 39.4. The maximum atomic E-state index is 13.6. The molecule has 1 atom stereocenters. The van der Waals surface area contributed by atoms with Gasteiger partial charge in [0.15, 0.2) is 0 Å². The summed E-state index contributed by atoms with van der Waals surface area (Å²) in [5, 5.41) is 3.28. The summed E-state index contributed by atoms with van der Waals surface area (Å²) in [5.74, 6) is -0.780. The summed E-state index contributed by atoms with van der Waals surface area (Å²) in [6.07, 6.45) is 0.720. The molecular weight excluding hydrogens is 314 g/mol. The molecule has 0 saturated carbocycles. The number of hydrogen-bond acceptors (Lipinski definition) is 3. The van der Waals surface area contributed by atoms with Crippen molar-refractivity contribution in [3.8, 4) is 0 Å². The number of sulfonamides is 1. The van der Waals surface area contributed by atoms with Crippen LogP contribution < -0.4 is 5.32 Å². The van der Waals surface area contributed by atoms with E-state index in [1.807, 2.05) is 0 Å². The number of likely N-dealkylation sites (N-methyl/N-ethyl adjacent to an activating group) is 1. The maximum absolute atomic E-state index is 13.6. The van der Waals surface area contributed by atoms with Crippen molar-refractivity contribution in [3.63, 3.8) is 0 Å². The van der Waals surface area contributed by atoms with Gasteiger partial charge in [-0.1, -0.05) is 11.6 Å². The normalized spacial score (nSPS) is 19.5. The van der Waals surface area contributed by atoms with Gasteiger partial charge in [0.05, 0.1) is 0 Å². The Hall–Kier alpha value is -0.400. The van der Waals surface area contributed by atoms with Crippen molar-refractivity contribution in [3.05, 3.63) is 29.0 Å². The highest BCUT2D eigenvalue weighted by Gasteiger charge is 2.31. The molecular formula is C11H15Cl2FN2O2S. The fourth-order valence-corrected chi connectivity index (χ4v) is 3.69. The van der Waals surface area contributed by atoms with Crippen LogP contribution in [-0.4, -0.2) is 38.9 Å². The Kier molecular flexibility index (Phi) is 5.58. The molecule has 8 heteroatoms. The lowest BCUT2D eigenvalue weighted by molar-refractivity contribution is 0.385. The number of halogens is 3. The van der Waals surface area contributed by atoms with Crippen molar-refractivity contribution in [2.45, 2.75) is 17.4 Å². The number of rotatable bonds is 3. The molecule has 1 aromatic carbocycles. The summed E-state index contributed by atoms with van der Waals surface area (Å²) >= 11 is 5.73. The first-order valence-electron chi connectivity index (χ1n) is 5.57. The predicted molar refractivity (Wildman–Crippen MR) is 74.9 cm³/mol. The van der Waals surface area contributed by atoms with Crippen molar-refractivity contribution in [1.29, 1.82) is 0 Å². The number of nitrogens with one attached hydrogen (secondary N) is 1. The van der Waals surface area contributed by atoms with Gasteiger partial charge in [-0.3, -0.25) is 0 Å². The second kappa shape index (κ2) is 6.37. The zero-order valence-corrected chi connectivity index (χ0v) is 12.7. The quantitative estimate of drug-likeness (QED) is 0.921. The molecule has 0 aromatic heterocycles. The molecule has 2 rings (SSSR count). The van der Waals surface area contributed by atoms with Crippen LogP contribution in [0.1, 0.15) is 6.42 Å². The van der Waals surface area contributed by atoms with Gasteiger partial charge >= 0.3 is 0 Å². The third-order valence-corrected chi connectivity index (χ3v) is 5.26. The summed E-state index contributed by atoms with van der Waals surface area (Å²) in [4.78, 5) is -0.371. The average Bonchev–Trinajstić information content (AvgIpc) is 2.84. The first kappa shape index (κ1) is 16.7. The minimum absolute atomic E-state index is 0. The number of benzene rings is 1. The van der Waals surface area contributed by atoms with Crippen molar-refractivity contribution in [2.24, 2.45) is 0 Å². The molecule has 1 saturated heterocycles. The fraction of sp³-hybridized carbons (Fsp3) is 0.455. The lowest BCUT2D eigenvalue weighted by Gasteiger charge is -2.23. The number of hydrogen-bond donors (Lipinski definition) is 1. The first-order valence-corrected chi connectivity index (χ1v) is 7.38. The van der Waals surface area contributed by atoms with Crippen molar-refractivity contribution < 1.29 is 12.8 Å². The standard InChI is InChI=1S/C11H14ClFN2O2S.ClH/c1-15(9-4-5-14-7-9)18(16,17)11-6-8(12)2-3-10(11)13;/h2-3,6,9,14H,4-5,7H2,1H3;1H. The average molecular weight is 329 g/mol. The zero-order chi connectivity index (χ0) is 13.3. The third kappa shape index (κ3) is 3.38. The van der Waals surface area contributed by atoms with Crippen LogP contribution in [0.3, 0.4) is 0 Å². The van der Waals surface area contributed by atoms with Gasteiger partial charge in [0.1, 0.15) is 10.7 Å². The Morgan fingerprint density at radius 2 is 2.16 bits per heavy atom. The Balaban J connectivity index is 0.00000180. The van der Waals surface area contributed by atoms with Crippen molar-refractivity contribution in [1.82, 2.24) is 9.62 Å². The second-order valence-electron chi connectivity index (χ2n) is 4.24. The molecule has 4 nitrogen and oxygen atoms in total. The van der Waals surface area contributed by atoms with Crippen LogP contribution in [0, 0.1) is 5.82 Å². The Morgan fingerprint density at radius 3 is 2.74 bits per heavy atom. The largest absolute Gasteiger partial charge is 0.315 e. The summed E-state index contributed by atoms with van der Waals surface area (Å²) in [6.45, 7) is 1.35. The monoisotopic (exact) mass is 328 g/mol. The van der Waals surface area contributed by atoms with Crippen LogP contribution in [0.5, 0.6) is 0 Å². The topological polar surface area (TPSA) is 49.4 Å². The van der Waals surface area contributed by atoms with E-state index in [1.165, 1.54) is 17.4 Å². The molecule has 108 valence electrons. The van der Waals surface area contributed by atoms with Crippen molar-refractivity contribution in [2.75, 3.05) is 20.1 Å². The molecule has 0 radical (unpaired) electrons. The van der Waals surface area contributed by atoms with Crippen LogP contribution in [0.2, 0.25) is 5.02 Å². The zero-order valence-electron chi connectivity index (χ0n) is 10.3. The molecule has 0 aliphatic carbocycles. The number of nitrogens with zero attached hydrogens (tertiary/aromatic N) is 1. The van der Waals surface area contributed by atoms with Gasteiger partial charge in [0.25, 0.3) is 0 Å². The molecule has 0 amide bonds. The Bertz CT molecular complexity index is 548. The van der Waals surface area contributed by atoms with Gasteiger partial charge in [0, 0.05) is 24.7 Å². The highest BCUT2D eigenvalue weighted by Crippen LogP contribution is 2.24. The van der Waals surface area contributed by atoms with Gasteiger partial charge in [0.2, 0.25) is 10.0 Å². The van der Waals surface area contributed by atoms with E-state index in [9.17, 15) is 12.8 Å². The molecule has 1 aliphatic rings.